The number of nitrogens with zero attached hydrogens (tertiary/aromatic N) is 1. The molecule has 1 saturated carbocycles. The number of anilines is 1. The van der Waals surface area contributed by atoms with Gasteiger partial charge in [0, 0.05) is 5.41 Å². The van der Waals surface area contributed by atoms with Gasteiger partial charge >= 0.3 is 0 Å². The van der Waals surface area contributed by atoms with Gasteiger partial charge in [0.1, 0.15) is 0 Å². The standard InChI is InChI=1S/C28H30N2O4/c1-15(2)16-5-7-17(8-6-16)28(3,4)18-9-11-19(12-10-18)30-26(33)22-13-20-21(14-23(22)27(30)34)25(32)29-24(20)31/h5-12,15,20-23H,13-14H2,1-4H3,(H,29,31,32). The zero-order chi connectivity index (χ0) is 24.4. The fourth-order valence-corrected chi connectivity index (χ4v) is 5.81. The van der Waals surface area contributed by atoms with Crippen molar-refractivity contribution in [1.82, 2.24) is 5.32 Å². The molecular weight excluding hydrogens is 428 g/mol. The maximum absolute atomic E-state index is 13.2. The molecule has 2 saturated heterocycles. The number of rotatable bonds is 4. The maximum atomic E-state index is 13.2. The second kappa shape index (κ2) is 7.90. The summed E-state index contributed by atoms with van der Waals surface area (Å²) in [4.78, 5) is 51.9. The van der Waals surface area contributed by atoms with Crippen LogP contribution in [0.4, 0.5) is 5.69 Å². The molecule has 34 heavy (non-hydrogen) atoms. The Labute approximate surface area is 199 Å². The Morgan fingerprint density at radius 1 is 0.735 bits per heavy atom. The predicted octanol–water partition coefficient (Wildman–Crippen LogP) is 3.92. The maximum Gasteiger partial charge on any atom is 0.237 e. The van der Waals surface area contributed by atoms with Crippen molar-refractivity contribution in [1.29, 1.82) is 0 Å². The van der Waals surface area contributed by atoms with Crippen molar-refractivity contribution in [2.24, 2.45) is 23.7 Å². The molecule has 3 aliphatic rings. The molecular formula is C28H30N2O4. The van der Waals surface area contributed by atoms with Gasteiger partial charge < -0.3 is 0 Å². The summed E-state index contributed by atoms with van der Waals surface area (Å²) in [5.74, 6) is -2.79. The van der Waals surface area contributed by atoms with Crippen molar-refractivity contribution in [3.05, 3.63) is 65.2 Å². The highest BCUT2D eigenvalue weighted by Gasteiger charge is 2.57. The summed E-state index contributed by atoms with van der Waals surface area (Å²) in [5, 5.41) is 2.35. The summed E-state index contributed by atoms with van der Waals surface area (Å²) in [6.45, 7) is 8.67. The Morgan fingerprint density at radius 2 is 1.18 bits per heavy atom. The number of imide groups is 2. The van der Waals surface area contributed by atoms with Crippen molar-refractivity contribution in [2.75, 3.05) is 4.90 Å². The highest BCUT2D eigenvalue weighted by atomic mass is 16.2. The molecule has 2 aromatic carbocycles. The lowest BCUT2D eigenvalue weighted by Gasteiger charge is -2.28. The van der Waals surface area contributed by atoms with E-state index in [0.717, 1.165) is 5.56 Å². The predicted molar refractivity (Wildman–Crippen MR) is 128 cm³/mol. The van der Waals surface area contributed by atoms with E-state index in [1.165, 1.54) is 16.0 Å². The van der Waals surface area contributed by atoms with E-state index < -0.39 is 23.7 Å². The Hall–Kier alpha value is -3.28. The van der Waals surface area contributed by atoms with Crippen molar-refractivity contribution in [3.8, 4) is 0 Å². The molecule has 1 N–H and O–H groups in total. The quantitative estimate of drug-likeness (QED) is 0.704. The number of amides is 4. The van der Waals surface area contributed by atoms with Gasteiger partial charge in [0.2, 0.25) is 23.6 Å². The first kappa shape index (κ1) is 22.5. The number of carbonyl (C=O) groups excluding carboxylic acids is 4. The molecule has 1 aliphatic carbocycles. The van der Waals surface area contributed by atoms with Crippen LogP contribution in [0.15, 0.2) is 48.5 Å². The first-order valence-electron chi connectivity index (χ1n) is 12.0. The van der Waals surface area contributed by atoms with E-state index in [9.17, 15) is 19.2 Å². The first-order valence-corrected chi connectivity index (χ1v) is 12.0. The lowest BCUT2D eigenvalue weighted by molar-refractivity contribution is -0.129. The van der Waals surface area contributed by atoms with Crippen LogP contribution >= 0.6 is 0 Å². The molecule has 4 amide bonds. The minimum Gasteiger partial charge on any atom is -0.296 e. The molecule has 176 valence electrons. The average molecular weight is 459 g/mol. The Kier molecular flexibility index (Phi) is 5.23. The number of fused-ring (bicyclic) bond motifs is 2. The summed E-state index contributed by atoms with van der Waals surface area (Å²) in [6.07, 6.45) is 0.511. The molecule has 4 unspecified atom stereocenters. The third-order valence-corrected chi connectivity index (χ3v) is 8.13. The first-order chi connectivity index (χ1) is 16.1. The lowest BCUT2D eigenvalue weighted by atomic mass is 9.70. The van der Waals surface area contributed by atoms with Gasteiger partial charge in [-0.2, -0.15) is 0 Å². The molecule has 0 bridgehead atoms. The van der Waals surface area contributed by atoms with Crippen LogP contribution in [0.3, 0.4) is 0 Å². The minimum atomic E-state index is -0.541. The summed E-state index contributed by atoms with van der Waals surface area (Å²) in [6, 6.07) is 16.3. The monoisotopic (exact) mass is 458 g/mol. The number of nitrogens with one attached hydrogen (secondary N) is 1. The van der Waals surface area contributed by atoms with E-state index in [-0.39, 0.29) is 41.9 Å². The van der Waals surface area contributed by atoms with E-state index in [1.54, 1.807) is 0 Å². The lowest BCUT2D eigenvalue weighted by Crippen LogP contribution is -2.35. The topological polar surface area (TPSA) is 83.6 Å². The number of hydrogen-bond donors (Lipinski definition) is 1. The van der Waals surface area contributed by atoms with Gasteiger partial charge in [-0.15, -0.1) is 0 Å². The van der Waals surface area contributed by atoms with Crippen LogP contribution in [0.25, 0.3) is 0 Å². The highest BCUT2D eigenvalue weighted by Crippen LogP contribution is 2.46. The smallest absolute Gasteiger partial charge is 0.237 e. The number of carbonyl (C=O) groups is 4. The Morgan fingerprint density at radius 3 is 1.62 bits per heavy atom. The summed E-state index contributed by atoms with van der Waals surface area (Å²) in [5.41, 5.74) is 3.87. The van der Waals surface area contributed by atoms with E-state index >= 15 is 0 Å². The van der Waals surface area contributed by atoms with Crippen LogP contribution < -0.4 is 10.2 Å². The third-order valence-electron chi connectivity index (χ3n) is 8.13. The molecule has 3 fully saturated rings. The largest absolute Gasteiger partial charge is 0.296 e. The van der Waals surface area contributed by atoms with Crippen molar-refractivity contribution >= 4 is 29.3 Å². The van der Waals surface area contributed by atoms with Crippen LogP contribution in [-0.4, -0.2) is 23.6 Å². The molecule has 6 heteroatoms. The fourth-order valence-electron chi connectivity index (χ4n) is 5.81. The second-order valence-electron chi connectivity index (χ2n) is 10.7. The van der Waals surface area contributed by atoms with Crippen LogP contribution in [0.1, 0.15) is 63.1 Å². The normalized spacial score (nSPS) is 26.7. The average Bonchev–Trinajstić information content (AvgIpc) is 3.24. The fraction of sp³-hybridized carbons (Fsp3) is 0.429. The Balaban J connectivity index is 1.38. The molecule has 0 aromatic heterocycles. The van der Waals surface area contributed by atoms with Crippen molar-refractivity contribution in [3.63, 3.8) is 0 Å². The van der Waals surface area contributed by atoms with Crippen LogP contribution in [-0.2, 0) is 24.6 Å². The van der Waals surface area contributed by atoms with Crippen molar-refractivity contribution in [2.45, 2.75) is 51.9 Å². The van der Waals surface area contributed by atoms with Gasteiger partial charge in [0.05, 0.1) is 29.4 Å². The van der Waals surface area contributed by atoms with Crippen LogP contribution in [0.5, 0.6) is 0 Å². The molecule has 2 aliphatic heterocycles. The molecule has 6 nitrogen and oxygen atoms in total. The van der Waals surface area contributed by atoms with Gasteiger partial charge in [0.25, 0.3) is 0 Å². The van der Waals surface area contributed by atoms with E-state index in [1.807, 2.05) is 24.3 Å². The number of hydrogen-bond acceptors (Lipinski definition) is 4. The molecule has 4 atom stereocenters. The van der Waals surface area contributed by atoms with Crippen LogP contribution in [0.2, 0.25) is 0 Å². The van der Waals surface area contributed by atoms with Crippen LogP contribution in [0, 0.1) is 23.7 Å². The molecule has 5 rings (SSSR count). The molecule has 2 heterocycles. The minimum absolute atomic E-state index is 0.244. The van der Waals surface area contributed by atoms with E-state index in [2.05, 4.69) is 57.3 Å². The molecule has 0 spiro atoms. The van der Waals surface area contributed by atoms with Gasteiger partial charge in [-0.3, -0.25) is 29.4 Å². The van der Waals surface area contributed by atoms with E-state index in [0.29, 0.717) is 11.6 Å². The van der Waals surface area contributed by atoms with Gasteiger partial charge in [-0.25, -0.2) is 0 Å². The SMILES string of the molecule is CC(C)c1ccc(C(C)(C)c2ccc(N3C(=O)C4CC5C(=O)NC(=O)C5CC4C3=O)cc2)cc1. The third kappa shape index (κ3) is 3.39. The van der Waals surface area contributed by atoms with E-state index in [4.69, 9.17) is 0 Å². The van der Waals surface area contributed by atoms with Gasteiger partial charge in [-0.1, -0.05) is 64.1 Å². The Bertz CT molecular complexity index is 1140. The molecule has 2 aromatic rings. The summed E-state index contributed by atoms with van der Waals surface area (Å²) >= 11 is 0. The summed E-state index contributed by atoms with van der Waals surface area (Å²) < 4.78 is 0. The molecule has 0 radical (unpaired) electrons. The second-order valence-corrected chi connectivity index (χ2v) is 10.7. The van der Waals surface area contributed by atoms with Gasteiger partial charge in [0.15, 0.2) is 0 Å². The number of benzene rings is 2. The van der Waals surface area contributed by atoms with Crippen molar-refractivity contribution < 1.29 is 19.2 Å². The zero-order valence-corrected chi connectivity index (χ0v) is 20.0. The highest BCUT2D eigenvalue weighted by molar-refractivity contribution is 6.22. The summed E-state index contributed by atoms with van der Waals surface area (Å²) in [7, 11) is 0. The van der Waals surface area contributed by atoms with Gasteiger partial charge in [-0.05, 0) is 47.6 Å². The zero-order valence-electron chi connectivity index (χ0n) is 20.0.